The maximum Gasteiger partial charge on any atom is 0.103 e. The summed E-state index contributed by atoms with van der Waals surface area (Å²) in [6.07, 6.45) is 0. The SMILES string of the molecule is FC[C@@H](Br)CBr. The smallest absolute Gasteiger partial charge is 0.103 e. The Morgan fingerprint density at radius 3 is 2.17 bits per heavy atom. The van der Waals surface area contributed by atoms with Crippen LogP contribution in [0.15, 0.2) is 0 Å². The molecule has 0 radical (unpaired) electrons. The van der Waals surface area contributed by atoms with Gasteiger partial charge >= 0.3 is 0 Å². The topological polar surface area (TPSA) is 0 Å². The van der Waals surface area contributed by atoms with Gasteiger partial charge in [0, 0.05) is 5.33 Å². The number of alkyl halides is 3. The number of rotatable bonds is 2. The molecule has 0 unspecified atom stereocenters. The van der Waals surface area contributed by atoms with Gasteiger partial charge in [0.15, 0.2) is 0 Å². The van der Waals surface area contributed by atoms with Crippen molar-refractivity contribution in [3.05, 3.63) is 0 Å². The summed E-state index contributed by atoms with van der Waals surface area (Å²) in [5.41, 5.74) is 0. The molecule has 0 aromatic heterocycles. The standard InChI is InChI=1S/C3H5Br2F/c4-1-3(5)2-6/h3H,1-2H2/t3-/m0/s1. The van der Waals surface area contributed by atoms with Gasteiger partial charge in [-0.2, -0.15) is 0 Å². The first-order valence-corrected chi connectivity index (χ1v) is 3.61. The van der Waals surface area contributed by atoms with Crippen LogP contribution >= 0.6 is 31.9 Å². The van der Waals surface area contributed by atoms with Gasteiger partial charge in [-0.25, -0.2) is 4.39 Å². The minimum absolute atomic E-state index is 0.00231. The second-order valence-corrected chi connectivity index (χ2v) is 2.85. The van der Waals surface area contributed by atoms with Crippen LogP contribution in [-0.2, 0) is 0 Å². The molecule has 0 spiro atoms. The summed E-state index contributed by atoms with van der Waals surface area (Å²) in [6, 6.07) is 0. The fourth-order valence-electron chi connectivity index (χ4n) is 0.0412. The maximum absolute atomic E-state index is 11.3. The van der Waals surface area contributed by atoms with E-state index in [-0.39, 0.29) is 11.5 Å². The van der Waals surface area contributed by atoms with E-state index in [1.54, 1.807) is 0 Å². The molecule has 0 N–H and O–H groups in total. The van der Waals surface area contributed by atoms with Crippen LogP contribution in [0.4, 0.5) is 4.39 Å². The Bertz CT molecular complexity index is 28.0. The van der Waals surface area contributed by atoms with E-state index in [1.165, 1.54) is 0 Å². The average molecular weight is 220 g/mol. The van der Waals surface area contributed by atoms with Gasteiger partial charge in [-0.05, 0) is 0 Å². The number of hydrogen-bond donors (Lipinski definition) is 0. The van der Waals surface area contributed by atoms with Gasteiger partial charge in [0.1, 0.15) is 6.67 Å². The third-order valence-electron chi connectivity index (χ3n) is 0.335. The lowest BCUT2D eigenvalue weighted by Crippen LogP contribution is -1.99. The summed E-state index contributed by atoms with van der Waals surface area (Å²) >= 11 is 6.14. The molecule has 0 saturated heterocycles. The number of hydrogen-bond acceptors (Lipinski definition) is 0. The molecule has 0 aromatic rings. The van der Waals surface area contributed by atoms with Crippen molar-refractivity contribution in [2.75, 3.05) is 12.0 Å². The van der Waals surface area contributed by atoms with Crippen LogP contribution < -0.4 is 0 Å². The fourth-order valence-corrected chi connectivity index (χ4v) is 0.214. The first-order valence-electron chi connectivity index (χ1n) is 1.57. The highest BCUT2D eigenvalue weighted by Gasteiger charge is 1.95. The van der Waals surface area contributed by atoms with Crippen molar-refractivity contribution >= 4 is 31.9 Å². The maximum atomic E-state index is 11.3. The van der Waals surface area contributed by atoms with E-state index in [9.17, 15) is 4.39 Å². The van der Waals surface area contributed by atoms with Crippen LogP contribution in [-0.4, -0.2) is 16.8 Å². The molecular formula is C3H5Br2F. The summed E-state index contributed by atoms with van der Waals surface area (Å²) in [5, 5.41) is 0.684. The zero-order valence-corrected chi connectivity index (χ0v) is 6.30. The van der Waals surface area contributed by atoms with Gasteiger partial charge in [-0.1, -0.05) is 31.9 Å². The average Bonchev–Trinajstić information content (AvgIpc) is 1.65. The van der Waals surface area contributed by atoms with Gasteiger partial charge in [0.2, 0.25) is 0 Å². The van der Waals surface area contributed by atoms with Crippen LogP contribution in [0, 0.1) is 0 Å². The Morgan fingerprint density at radius 1 is 1.67 bits per heavy atom. The molecule has 0 aliphatic carbocycles. The minimum Gasteiger partial charge on any atom is -0.250 e. The Kier molecular flexibility index (Phi) is 4.66. The predicted molar refractivity (Wildman–Crippen MR) is 32.5 cm³/mol. The summed E-state index contributed by atoms with van der Waals surface area (Å²) in [7, 11) is 0. The molecule has 0 aromatic carbocycles. The lowest BCUT2D eigenvalue weighted by molar-refractivity contribution is 0.500. The van der Waals surface area contributed by atoms with Gasteiger partial charge in [-0.15, -0.1) is 0 Å². The van der Waals surface area contributed by atoms with Gasteiger partial charge in [0.25, 0.3) is 0 Å². The third kappa shape index (κ3) is 3.09. The molecule has 0 heterocycles. The first kappa shape index (κ1) is 6.89. The van der Waals surface area contributed by atoms with Crippen LogP contribution in [0.1, 0.15) is 0 Å². The van der Waals surface area contributed by atoms with E-state index in [0.717, 1.165) is 0 Å². The summed E-state index contributed by atoms with van der Waals surface area (Å²) in [6.45, 7) is -0.300. The lowest BCUT2D eigenvalue weighted by atomic mass is 10.6. The fraction of sp³-hybridized carbons (Fsp3) is 1.00. The minimum atomic E-state index is -0.300. The summed E-state index contributed by atoms with van der Waals surface area (Å²) in [5.74, 6) is 0. The van der Waals surface area contributed by atoms with Crippen LogP contribution in [0.5, 0.6) is 0 Å². The van der Waals surface area contributed by atoms with Gasteiger partial charge in [-0.3, -0.25) is 0 Å². The molecule has 6 heavy (non-hydrogen) atoms. The molecule has 0 aliphatic rings. The monoisotopic (exact) mass is 218 g/mol. The second-order valence-electron chi connectivity index (χ2n) is 0.906. The molecule has 0 amide bonds. The second kappa shape index (κ2) is 4.06. The first-order chi connectivity index (χ1) is 2.81. The Labute approximate surface area is 53.4 Å². The quantitative estimate of drug-likeness (QED) is 0.625. The Hall–Kier alpha value is 0.890. The van der Waals surface area contributed by atoms with E-state index in [1.807, 2.05) is 0 Å². The van der Waals surface area contributed by atoms with Crippen LogP contribution in [0.3, 0.4) is 0 Å². The van der Waals surface area contributed by atoms with Crippen LogP contribution in [0.2, 0.25) is 0 Å². The lowest BCUT2D eigenvalue weighted by Gasteiger charge is -1.92. The summed E-state index contributed by atoms with van der Waals surface area (Å²) < 4.78 is 11.3. The van der Waals surface area contributed by atoms with Crippen molar-refractivity contribution in [1.29, 1.82) is 0 Å². The van der Waals surface area contributed by atoms with E-state index in [4.69, 9.17) is 0 Å². The van der Waals surface area contributed by atoms with E-state index in [0.29, 0.717) is 5.33 Å². The highest BCUT2D eigenvalue weighted by Crippen LogP contribution is 2.02. The molecule has 0 nitrogen and oxygen atoms in total. The molecular weight excluding hydrogens is 215 g/mol. The van der Waals surface area contributed by atoms with E-state index >= 15 is 0 Å². The van der Waals surface area contributed by atoms with Crippen molar-refractivity contribution in [2.45, 2.75) is 4.83 Å². The normalized spacial score (nSPS) is 14.5. The van der Waals surface area contributed by atoms with Crippen molar-refractivity contribution < 1.29 is 4.39 Å². The van der Waals surface area contributed by atoms with E-state index < -0.39 is 0 Å². The van der Waals surface area contributed by atoms with Gasteiger partial charge in [0.05, 0.1) is 4.83 Å². The van der Waals surface area contributed by atoms with Crippen molar-refractivity contribution in [3.8, 4) is 0 Å². The molecule has 38 valence electrons. The van der Waals surface area contributed by atoms with Crippen molar-refractivity contribution in [2.24, 2.45) is 0 Å². The highest BCUT2D eigenvalue weighted by molar-refractivity contribution is 9.12. The van der Waals surface area contributed by atoms with Gasteiger partial charge < -0.3 is 0 Å². The zero-order chi connectivity index (χ0) is 4.99. The molecule has 1 atom stereocenters. The number of halogens is 3. The Balaban J connectivity index is 2.75. The highest BCUT2D eigenvalue weighted by atomic mass is 79.9. The largest absolute Gasteiger partial charge is 0.250 e. The molecule has 0 rings (SSSR count). The molecule has 0 bridgehead atoms. The predicted octanol–water partition coefficient (Wildman–Crippen LogP) is 2.11. The van der Waals surface area contributed by atoms with E-state index in [2.05, 4.69) is 31.9 Å². The molecule has 0 aliphatic heterocycles. The third-order valence-corrected chi connectivity index (χ3v) is 2.55. The molecule has 0 saturated carbocycles. The van der Waals surface area contributed by atoms with Crippen molar-refractivity contribution in [1.82, 2.24) is 0 Å². The molecule has 3 heteroatoms. The molecule has 0 fully saturated rings. The van der Waals surface area contributed by atoms with Crippen molar-refractivity contribution in [3.63, 3.8) is 0 Å². The summed E-state index contributed by atoms with van der Waals surface area (Å²) in [4.78, 5) is -0.00231. The zero-order valence-electron chi connectivity index (χ0n) is 3.13. The van der Waals surface area contributed by atoms with Crippen LogP contribution in [0.25, 0.3) is 0 Å². The Morgan fingerprint density at radius 2 is 2.17 bits per heavy atom.